The molecule has 11 heteroatoms. The second-order valence-corrected chi connectivity index (χ2v) is 4.22. The molecular weight excluding hydrogens is 353 g/mol. The summed E-state index contributed by atoms with van der Waals surface area (Å²) in [6.07, 6.45) is -16.9. The van der Waals surface area contributed by atoms with Crippen LogP contribution in [0.3, 0.4) is 0 Å². The monoisotopic (exact) mass is 361 g/mol. The molecule has 1 nitrogen and oxygen atoms in total. The minimum atomic E-state index is -5.11. The van der Waals surface area contributed by atoms with Gasteiger partial charge in [0.2, 0.25) is 0 Å². The van der Waals surface area contributed by atoms with Gasteiger partial charge in [0.15, 0.2) is 0 Å². The van der Waals surface area contributed by atoms with Gasteiger partial charge in [0.1, 0.15) is 0 Å². The van der Waals surface area contributed by atoms with Crippen LogP contribution in [0.2, 0.25) is 0 Å². The molecule has 1 aromatic rings. The Morgan fingerprint density at radius 1 is 0.864 bits per heavy atom. The highest BCUT2D eigenvalue weighted by molar-refractivity contribution is 5.85. The zero-order chi connectivity index (χ0) is 16.6. The molecule has 128 valence electrons. The minimum absolute atomic E-state index is 0. The lowest BCUT2D eigenvalue weighted by Gasteiger charge is -2.21. The Kier molecular flexibility index (Phi) is 6.19. The van der Waals surface area contributed by atoms with E-state index < -0.39 is 47.7 Å². The Morgan fingerprint density at radius 3 is 1.73 bits per heavy atom. The highest BCUT2D eigenvalue weighted by Gasteiger charge is 2.40. The Bertz CT molecular complexity index is 504. The third-order valence-corrected chi connectivity index (χ3v) is 2.54. The van der Waals surface area contributed by atoms with Gasteiger partial charge in [-0.25, -0.2) is 0 Å². The van der Waals surface area contributed by atoms with Crippen LogP contribution in [0.15, 0.2) is 18.2 Å². The molecule has 1 atom stereocenters. The third-order valence-electron chi connectivity index (χ3n) is 2.54. The maximum Gasteiger partial charge on any atom is 0.416 e. The highest BCUT2D eigenvalue weighted by Crippen LogP contribution is 2.40. The van der Waals surface area contributed by atoms with Gasteiger partial charge in [0.25, 0.3) is 0 Å². The maximum atomic E-state index is 12.7. The van der Waals surface area contributed by atoms with Gasteiger partial charge in [-0.15, -0.1) is 12.4 Å². The first-order valence-electron chi connectivity index (χ1n) is 5.32. The normalized spacial score (nSPS) is 14.5. The first-order valence-corrected chi connectivity index (χ1v) is 5.32. The van der Waals surface area contributed by atoms with Crippen LogP contribution in [0.4, 0.5) is 39.5 Å². The van der Waals surface area contributed by atoms with Crippen LogP contribution in [-0.2, 0) is 12.4 Å². The Labute approximate surface area is 124 Å². The van der Waals surface area contributed by atoms with Gasteiger partial charge in [0.05, 0.1) is 17.5 Å². The van der Waals surface area contributed by atoms with Crippen LogP contribution in [-0.4, -0.2) is 6.18 Å². The second kappa shape index (κ2) is 6.53. The van der Waals surface area contributed by atoms with Crippen molar-refractivity contribution in [2.24, 2.45) is 5.73 Å². The summed E-state index contributed by atoms with van der Waals surface area (Å²) < 4.78 is 112. The van der Waals surface area contributed by atoms with Gasteiger partial charge in [-0.05, 0) is 23.8 Å². The summed E-state index contributed by atoms with van der Waals surface area (Å²) in [4.78, 5) is 0. The van der Waals surface area contributed by atoms with Gasteiger partial charge in [-0.1, -0.05) is 0 Å². The summed E-state index contributed by atoms with van der Waals surface area (Å²) in [6, 6.07) is -2.02. The first-order chi connectivity index (χ1) is 9.22. The van der Waals surface area contributed by atoms with Crippen molar-refractivity contribution in [3.05, 3.63) is 34.9 Å². The van der Waals surface area contributed by atoms with E-state index in [9.17, 15) is 39.5 Å². The Balaban J connectivity index is 0.00000441. The molecule has 0 heterocycles. The van der Waals surface area contributed by atoms with E-state index in [0.29, 0.717) is 0 Å². The van der Waals surface area contributed by atoms with Crippen LogP contribution in [0, 0.1) is 0 Å². The van der Waals surface area contributed by atoms with Crippen LogP contribution in [0.1, 0.15) is 29.2 Å². The molecule has 0 spiro atoms. The second-order valence-electron chi connectivity index (χ2n) is 4.22. The van der Waals surface area contributed by atoms with Crippen molar-refractivity contribution in [2.75, 3.05) is 0 Å². The summed E-state index contributed by atoms with van der Waals surface area (Å²) in [7, 11) is 0. The van der Waals surface area contributed by atoms with E-state index in [1.165, 1.54) is 0 Å². The summed E-state index contributed by atoms with van der Waals surface area (Å²) in [6.45, 7) is 0. The Hall–Kier alpha value is -1.16. The number of alkyl halides is 9. The molecule has 1 rings (SSSR count). The predicted molar refractivity (Wildman–Crippen MR) is 61.3 cm³/mol. The SMILES string of the molecule is Cl.N[C@H](CC(F)(F)F)c1cc(C(F)(F)F)ccc1C(F)(F)F. The van der Waals surface area contributed by atoms with Crippen molar-refractivity contribution in [1.82, 2.24) is 0 Å². The molecule has 2 N–H and O–H groups in total. The zero-order valence-electron chi connectivity index (χ0n) is 10.4. The Morgan fingerprint density at radius 2 is 1.36 bits per heavy atom. The van der Waals surface area contributed by atoms with E-state index in [-0.39, 0.29) is 30.6 Å². The lowest BCUT2D eigenvalue weighted by atomic mass is 9.95. The van der Waals surface area contributed by atoms with Crippen LogP contribution in [0.25, 0.3) is 0 Å². The van der Waals surface area contributed by atoms with Crippen molar-refractivity contribution in [2.45, 2.75) is 31.0 Å². The fraction of sp³-hybridized carbons (Fsp3) is 0.455. The number of hydrogen-bond donors (Lipinski definition) is 1. The topological polar surface area (TPSA) is 26.0 Å². The zero-order valence-corrected chi connectivity index (χ0v) is 11.2. The quantitative estimate of drug-likeness (QED) is 0.729. The average Bonchev–Trinajstić information content (AvgIpc) is 2.23. The molecule has 22 heavy (non-hydrogen) atoms. The largest absolute Gasteiger partial charge is 0.416 e. The maximum absolute atomic E-state index is 12.7. The van der Waals surface area contributed by atoms with Gasteiger partial charge in [-0.2, -0.15) is 39.5 Å². The van der Waals surface area contributed by atoms with Gasteiger partial charge in [-0.3, -0.25) is 0 Å². The molecule has 0 unspecified atom stereocenters. The van der Waals surface area contributed by atoms with Crippen LogP contribution < -0.4 is 5.73 Å². The molecule has 0 amide bonds. The molecule has 0 saturated heterocycles. The smallest absolute Gasteiger partial charge is 0.324 e. The van der Waals surface area contributed by atoms with E-state index in [1.54, 1.807) is 0 Å². The fourth-order valence-electron chi connectivity index (χ4n) is 1.66. The van der Waals surface area contributed by atoms with Gasteiger partial charge < -0.3 is 5.73 Å². The molecule has 0 fully saturated rings. The van der Waals surface area contributed by atoms with Crippen molar-refractivity contribution in [3.63, 3.8) is 0 Å². The average molecular weight is 362 g/mol. The molecule has 0 saturated carbocycles. The number of nitrogens with two attached hydrogens (primary N) is 1. The van der Waals surface area contributed by atoms with Gasteiger partial charge in [0, 0.05) is 6.04 Å². The van der Waals surface area contributed by atoms with E-state index in [0.717, 1.165) is 0 Å². The number of benzene rings is 1. The molecule has 1 aromatic carbocycles. The lowest BCUT2D eigenvalue weighted by molar-refractivity contribution is -0.146. The van der Waals surface area contributed by atoms with Crippen molar-refractivity contribution < 1.29 is 39.5 Å². The van der Waals surface area contributed by atoms with Gasteiger partial charge >= 0.3 is 18.5 Å². The van der Waals surface area contributed by atoms with E-state index in [2.05, 4.69) is 0 Å². The number of rotatable bonds is 2. The van der Waals surface area contributed by atoms with E-state index >= 15 is 0 Å². The molecule has 0 aliphatic heterocycles. The van der Waals surface area contributed by atoms with E-state index in [1.807, 2.05) is 0 Å². The standard InChI is InChI=1S/C11H8F9N.ClH/c12-9(13,14)4-8(21)6-3-5(10(15,16)17)1-2-7(6)11(18,19)20;/h1-3,8H,4,21H2;1H/t8-;/m1./s1. The molecule has 0 aliphatic rings. The lowest BCUT2D eigenvalue weighted by Crippen LogP contribution is -2.24. The van der Waals surface area contributed by atoms with Crippen LogP contribution in [0.5, 0.6) is 0 Å². The van der Waals surface area contributed by atoms with Crippen molar-refractivity contribution in [1.29, 1.82) is 0 Å². The van der Waals surface area contributed by atoms with Crippen molar-refractivity contribution >= 4 is 12.4 Å². The molecule has 0 aromatic heterocycles. The van der Waals surface area contributed by atoms with Crippen LogP contribution >= 0.6 is 12.4 Å². The molecular formula is C11H9ClF9N. The fourth-order valence-corrected chi connectivity index (χ4v) is 1.66. The summed E-state index contributed by atoms with van der Waals surface area (Å²) >= 11 is 0. The molecule has 0 aliphatic carbocycles. The minimum Gasteiger partial charge on any atom is -0.324 e. The summed E-state index contributed by atoms with van der Waals surface area (Å²) in [5, 5.41) is 0. The predicted octanol–water partition coefficient (Wildman–Crippen LogP) is 5.10. The summed E-state index contributed by atoms with van der Waals surface area (Å²) in [5.74, 6) is 0. The number of halogens is 10. The highest BCUT2D eigenvalue weighted by atomic mass is 35.5. The van der Waals surface area contributed by atoms with E-state index in [4.69, 9.17) is 5.73 Å². The third kappa shape index (κ3) is 5.56. The van der Waals surface area contributed by atoms with Crippen molar-refractivity contribution in [3.8, 4) is 0 Å². The summed E-state index contributed by atoms with van der Waals surface area (Å²) in [5.41, 5.74) is 0.647. The number of hydrogen-bond acceptors (Lipinski definition) is 1. The first kappa shape index (κ1) is 20.8. The molecule has 0 bridgehead atoms. The molecule has 0 radical (unpaired) electrons.